The van der Waals surface area contributed by atoms with Crippen LogP contribution in [0.5, 0.6) is 0 Å². The van der Waals surface area contributed by atoms with Crippen molar-refractivity contribution in [3.05, 3.63) is 146 Å². The summed E-state index contributed by atoms with van der Waals surface area (Å²) in [6.45, 7) is 7.29. The number of rotatable bonds is 42. The number of allylic oxidation sites excluding steroid dienone is 24. The first-order valence-electron chi connectivity index (χ1n) is 24.4. The fourth-order valence-corrected chi connectivity index (χ4v) is 5.86. The molecule has 0 aromatic heterocycles. The lowest BCUT2D eigenvalue weighted by Crippen LogP contribution is -2.30. The molecule has 5 nitrogen and oxygen atoms in total. The summed E-state index contributed by atoms with van der Waals surface area (Å²) in [6.07, 6.45) is 74.4. The SMILES string of the molecule is CC/C=C\C/C=C\C/C=C\C/C=C\C/C=C\CCCCCC(=O)OCC(COCCCCCC/C=C\C/C=C\C/C=C\CC)OC(=O)CC/C=C\C/C=C\C/C=C\C/C=C\CC. The molecular formula is C57H88O5. The fraction of sp³-hybridized carbons (Fsp3) is 0.544. The van der Waals surface area contributed by atoms with E-state index in [0.717, 1.165) is 135 Å². The first-order chi connectivity index (χ1) is 30.6. The van der Waals surface area contributed by atoms with Gasteiger partial charge in [-0.25, -0.2) is 0 Å². The third-order valence-corrected chi connectivity index (χ3v) is 9.36. The molecule has 0 aromatic rings. The first-order valence-corrected chi connectivity index (χ1v) is 24.4. The van der Waals surface area contributed by atoms with E-state index in [1.165, 1.54) is 0 Å². The van der Waals surface area contributed by atoms with Gasteiger partial charge in [0.1, 0.15) is 6.61 Å². The predicted molar refractivity (Wildman–Crippen MR) is 269 cm³/mol. The second-order valence-electron chi connectivity index (χ2n) is 15.2. The molecule has 5 heteroatoms. The minimum Gasteiger partial charge on any atom is -0.462 e. The van der Waals surface area contributed by atoms with Crippen LogP contribution in [0.25, 0.3) is 0 Å². The lowest BCUT2D eigenvalue weighted by molar-refractivity contribution is -0.162. The molecule has 1 atom stereocenters. The third-order valence-electron chi connectivity index (χ3n) is 9.36. The Morgan fingerprint density at radius 3 is 1.13 bits per heavy atom. The number of hydrogen-bond donors (Lipinski definition) is 0. The van der Waals surface area contributed by atoms with E-state index in [1.54, 1.807) is 0 Å². The Kier molecular flexibility index (Phi) is 47.7. The zero-order valence-electron chi connectivity index (χ0n) is 39.6. The number of hydrogen-bond acceptors (Lipinski definition) is 5. The molecule has 0 aliphatic heterocycles. The molecule has 346 valence electrons. The van der Waals surface area contributed by atoms with Gasteiger partial charge in [0.15, 0.2) is 6.10 Å². The Labute approximate surface area is 381 Å². The highest BCUT2D eigenvalue weighted by atomic mass is 16.6. The van der Waals surface area contributed by atoms with Crippen LogP contribution >= 0.6 is 0 Å². The smallest absolute Gasteiger partial charge is 0.306 e. The van der Waals surface area contributed by atoms with Crippen molar-refractivity contribution in [1.29, 1.82) is 0 Å². The van der Waals surface area contributed by atoms with Gasteiger partial charge in [0.25, 0.3) is 0 Å². The van der Waals surface area contributed by atoms with Gasteiger partial charge in [-0.2, -0.15) is 0 Å². The fourth-order valence-electron chi connectivity index (χ4n) is 5.86. The van der Waals surface area contributed by atoms with Gasteiger partial charge in [-0.1, -0.05) is 186 Å². The van der Waals surface area contributed by atoms with Gasteiger partial charge in [0.05, 0.1) is 6.61 Å². The zero-order chi connectivity index (χ0) is 44.9. The minimum atomic E-state index is -0.610. The molecule has 0 aliphatic rings. The topological polar surface area (TPSA) is 61.8 Å². The summed E-state index contributed by atoms with van der Waals surface area (Å²) in [6, 6.07) is 0. The van der Waals surface area contributed by atoms with Crippen LogP contribution in [0.1, 0.15) is 175 Å². The van der Waals surface area contributed by atoms with Crippen molar-refractivity contribution in [2.75, 3.05) is 19.8 Å². The average molecular weight is 853 g/mol. The molecule has 0 rings (SSSR count). The van der Waals surface area contributed by atoms with Crippen molar-refractivity contribution in [1.82, 2.24) is 0 Å². The van der Waals surface area contributed by atoms with Gasteiger partial charge in [0, 0.05) is 19.4 Å². The lowest BCUT2D eigenvalue weighted by atomic mass is 10.1. The summed E-state index contributed by atoms with van der Waals surface area (Å²) in [7, 11) is 0. The van der Waals surface area contributed by atoms with Crippen LogP contribution in [-0.2, 0) is 23.8 Å². The van der Waals surface area contributed by atoms with Crippen LogP contribution in [0.3, 0.4) is 0 Å². The van der Waals surface area contributed by atoms with Crippen LogP contribution in [0.15, 0.2) is 146 Å². The van der Waals surface area contributed by atoms with E-state index in [-0.39, 0.29) is 31.6 Å². The maximum absolute atomic E-state index is 12.7. The highest BCUT2D eigenvalue weighted by Crippen LogP contribution is 2.09. The van der Waals surface area contributed by atoms with Crippen LogP contribution in [0.2, 0.25) is 0 Å². The minimum absolute atomic E-state index is 0.0194. The summed E-state index contributed by atoms with van der Waals surface area (Å²) in [4.78, 5) is 25.3. The van der Waals surface area contributed by atoms with Crippen LogP contribution in [-0.4, -0.2) is 37.9 Å². The number of unbranched alkanes of at least 4 members (excludes halogenated alkanes) is 7. The average Bonchev–Trinajstić information content (AvgIpc) is 3.27. The van der Waals surface area contributed by atoms with Gasteiger partial charge in [-0.15, -0.1) is 0 Å². The van der Waals surface area contributed by atoms with Gasteiger partial charge in [0.2, 0.25) is 0 Å². The van der Waals surface area contributed by atoms with Crippen LogP contribution in [0.4, 0.5) is 0 Å². The Hall–Kier alpha value is -4.22. The van der Waals surface area contributed by atoms with Crippen molar-refractivity contribution in [3.63, 3.8) is 0 Å². The van der Waals surface area contributed by atoms with Gasteiger partial charge < -0.3 is 14.2 Å². The lowest BCUT2D eigenvalue weighted by Gasteiger charge is -2.18. The molecule has 0 saturated carbocycles. The Bertz CT molecular complexity index is 1380. The molecule has 0 spiro atoms. The molecule has 0 aliphatic carbocycles. The molecule has 0 fully saturated rings. The normalized spacial score (nSPS) is 13.5. The monoisotopic (exact) mass is 853 g/mol. The standard InChI is InChI=1S/C57H88O5/c1-4-7-10-13-16-19-22-25-27-28-29-30-31-33-35-38-41-44-47-50-56(58)61-54-55(53-60-52-49-46-43-40-37-34-26-23-20-17-14-11-8-5-2)62-57(59)51-48-45-42-39-36-32-24-21-18-15-12-9-6-3/h7-12,16-21,25-27,29-30,32-36,42,45,55H,4-6,13-15,22-24,28,31,37-41,43-44,46-54H2,1-3H3/b10-7-,11-8-,12-9-,19-16-,20-17-,21-18-,27-25-,30-29-,34-26-,35-33-,36-32-,45-42-. The predicted octanol–water partition coefficient (Wildman–Crippen LogP) is 16.6. The van der Waals surface area contributed by atoms with E-state index in [9.17, 15) is 9.59 Å². The van der Waals surface area contributed by atoms with E-state index >= 15 is 0 Å². The molecule has 1 unspecified atom stereocenters. The number of ether oxygens (including phenoxy) is 3. The maximum Gasteiger partial charge on any atom is 0.306 e. The second kappa shape index (κ2) is 51.1. The molecule has 0 bridgehead atoms. The van der Waals surface area contributed by atoms with E-state index in [1.807, 2.05) is 6.08 Å². The highest BCUT2D eigenvalue weighted by molar-refractivity contribution is 5.70. The summed E-state index contributed by atoms with van der Waals surface area (Å²) < 4.78 is 17.2. The third kappa shape index (κ3) is 48.4. The number of carbonyl (C=O) groups excluding carboxylic acids is 2. The Morgan fingerprint density at radius 1 is 0.355 bits per heavy atom. The van der Waals surface area contributed by atoms with E-state index in [0.29, 0.717) is 19.4 Å². The summed E-state index contributed by atoms with van der Waals surface area (Å²) in [5.74, 6) is -0.557. The van der Waals surface area contributed by atoms with Crippen molar-refractivity contribution in [3.8, 4) is 0 Å². The maximum atomic E-state index is 12.7. The van der Waals surface area contributed by atoms with Crippen LogP contribution < -0.4 is 0 Å². The first kappa shape index (κ1) is 57.8. The molecule has 0 saturated heterocycles. The molecule has 62 heavy (non-hydrogen) atoms. The number of carbonyl (C=O) groups is 2. The summed E-state index contributed by atoms with van der Waals surface area (Å²) >= 11 is 0. The van der Waals surface area contributed by atoms with Crippen molar-refractivity contribution in [2.24, 2.45) is 0 Å². The van der Waals surface area contributed by atoms with E-state index < -0.39 is 6.10 Å². The molecular weight excluding hydrogens is 765 g/mol. The van der Waals surface area contributed by atoms with Gasteiger partial charge in [-0.05, 0) is 122 Å². The number of esters is 2. The Balaban J connectivity index is 4.48. The second-order valence-corrected chi connectivity index (χ2v) is 15.2. The van der Waals surface area contributed by atoms with Gasteiger partial charge in [-0.3, -0.25) is 9.59 Å². The quantitative estimate of drug-likeness (QED) is 0.0348. The van der Waals surface area contributed by atoms with E-state index in [4.69, 9.17) is 14.2 Å². The van der Waals surface area contributed by atoms with Crippen molar-refractivity contribution >= 4 is 11.9 Å². The van der Waals surface area contributed by atoms with Gasteiger partial charge >= 0.3 is 11.9 Å². The highest BCUT2D eigenvalue weighted by Gasteiger charge is 2.17. The summed E-state index contributed by atoms with van der Waals surface area (Å²) in [5, 5.41) is 0. The molecule has 0 N–H and O–H groups in total. The molecule has 0 heterocycles. The van der Waals surface area contributed by atoms with Crippen molar-refractivity contribution < 1.29 is 23.8 Å². The zero-order valence-corrected chi connectivity index (χ0v) is 39.6. The van der Waals surface area contributed by atoms with Crippen molar-refractivity contribution in [2.45, 2.75) is 181 Å². The summed E-state index contributed by atoms with van der Waals surface area (Å²) in [5.41, 5.74) is 0. The molecule has 0 amide bonds. The largest absolute Gasteiger partial charge is 0.462 e. The molecule has 0 aromatic carbocycles. The van der Waals surface area contributed by atoms with Crippen LogP contribution in [0, 0.1) is 0 Å². The Morgan fingerprint density at radius 2 is 0.710 bits per heavy atom. The van der Waals surface area contributed by atoms with E-state index in [2.05, 4.69) is 161 Å². The molecule has 0 radical (unpaired) electrons.